The Morgan fingerprint density at radius 3 is 2.86 bits per heavy atom. The van der Waals surface area contributed by atoms with Crippen LogP contribution in [0.3, 0.4) is 0 Å². The quantitative estimate of drug-likeness (QED) is 0.554. The molecule has 1 aromatic rings. The number of anilines is 2. The van der Waals surface area contributed by atoms with Gasteiger partial charge in [-0.05, 0) is 12.1 Å². The molecule has 0 saturated carbocycles. The lowest BCUT2D eigenvalue weighted by molar-refractivity contribution is 0.0693. The first-order valence-electron chi connectivity index (χ1n) is 3.95. The zero-order valence-corrected chi connectivity index (χ0v) is 7.42. The van der Waals surface area contributed by atoms with Gasteiger partial charge in [-0.1, -0.05) is 0 Å². The molecule has 0 aliphatic carbocycles. The lowest BCUT2D eigenvalue weighted by atomic mass is 10.1. The number of carboxylic acid groups (broad SMARTS) is 1. The average molecular weight is 195 g/mol. The van der Waals surface area contributed by atoms with E-state index in [9.17, 15) is 4.79 Å². The van der Waals surface area contributed by atoms with E-state index in [1.165, 1.54) is 13.2 Å². The van der Waals surface area contributed by atoms with E-state index in [-0.39, 0.29) is 5.56 Å². The molecule has 0 amide bonds. The molecule has 1 heterocycles. The number of ether oxygens (including phenoxy) is 1. The fraction of sp³-hybridized carbons (Fsp3) is 0.125. The smallest absolute Gasteiger partial charge is 0.339 e. The van der Waals surface area contributed by atoms with Crippen LogP contribution in [-0.2, 0) is 0 Å². The molecule has 14 heavy (non-hydrogen) atoms. The standard InChI is InChI=1S/C8H9N3O3/c1-14-7-4(8(12)13)2-3-5-6(7)10-11-9-5/h2-3,9-11H,1H3,(H,12,13). The van der Waals surface area contributed by atoms with Gasteiger partial charge in [-0.2, -0.15) is 0 Å². The molecule has 2 rings (SSSR count). The van der Waals surface area contributed by atoms with Crippen molar-refractivity contribution in [2.75, 3.05) is 18.0 Å². The average Bonchev–Trinajstić information content (AvgIpc) is 2.63. The first-order chi connectivity index (χ1) is 6.74. The SMILES string of the molecule is COc1c(C(=O)O)ccc2c1NNN2. The summed E-state index contributed by atoms with van der Waals surface area (Å²) >= 11 is 0. The minimum Gasteiger partial charge on any atom is -0.494 e. The Morgan fingerprint density at radius 1 is 1.43 bits per heavy atom. The van der Waals surface area contributed by atoms with Crippen LogP contribution < -0.4 is 21.1 Å². The summed E-state index contributed by atoms with van der Waals surface area (Å²) < 4.78 is 5.03. The Bertz CT molecular complexity index is 392. The van der Waals surface area contributed by atoms with Gasteiger partial charge in [0, 0.05) is 0 Å². The minimum atomic E-state index is -1.02. The van der Waals surface area contributed by atoms with Crippen LogP contribution in [0.25, 0.3) is 0 Å². The van der Waals surface area contributed by atoms with E-state index in [0.29, 0.717) is 11.4 Å². The van der Waals surface area contributed by atoms with Gasteiger partial charge in [0.2, 0.25) is 0 Å². The predicted octanol–water partition coefficient (Wildman–Crippen LogP) is 0.650. The highest BCUT2D eigenvalue weighted by molar-refractivity contribution is 5.96. The number of rotatable bonds is 2. The van der Waals surface area contributed by atoms with Crippen LogP contribution in [-0.4, -0.2) is 18.2 Å². The van der Waals surface area contributed by atoms with Gasteiger partial charge in [0.1, 0.15) is 11.3 Å². The van der Waals surface area contributed by atoms with Crippen molar-refractivity contribution in [1.29, 1.82) is 0 Å². The van der Waals surface area contributed by atoms with Crippen molar-refractivity contribution in [2.24, 2.45) is 0 Å². The first kappa shape index (κ1) is 8.64. The molecule has 1 aliphatic heterocycles. The van der Waals surface area contributed by atoms with Gasteiger partial charge < -0.3 is 15.3 Å². The van der Waals surface area contributed by atoms with E-state index in [4.69, 9.17) is 9.84 Å². The van der Waals surface area contributed by atoms with E-state index in [1.807, 2.05) is 0 Å². The van der Waals surface area contributed by atoms with Crippen molar-refractivity contribution in [2.45, 2.75) is 0 Å². The zero-order chi connectivity index (χ0) is 10.1. The number of benzene rings is 1. The number of hydrogen-bond donors (Lipinski definition) is 4. The fourth-order valence-electron chi connectivity index (χ4n) is 1.35. The van der Waals surface area contributed by atoms with Crippen LogP contribution >= 0.6 is 0 Å². The van der Waals surface area contributed by atoms with Crippen molar-refractivity contribution in [3.63, 3.8) is 0 Å². The molecule has 4 N–H and O–H groups in total. The van der Waals surface area contributed by atoms with Crippen LogP contribution in [0, 0.1) is 0 Å². The lowest BCUT2D eigenvalue weighted by Crippen LogP contribution is -2.19. The monoisotopic (exact) mass is 195 g/mol. The van der Waals surface area contributed by atoms with Crippen molar-refractivity contribution in [1.82, 2.24) is 5.53 Å². The molecule has 0 aromatic heterocycles. The number of carbonyl (C=O) groups is 1. The molecule has 0 atom stereocenters. The van der Waals surface area contributed by atoms with Gasteiger partial charge in [-0.3, -0.25) is 5.43 Å². The number of methoxy groups -OCH3 is 1. The maximum absolute atomic E-state index is 10.8. The maximum Gasteiger partial charge on any atom is 0.339 e. The molecule has 0 fully saturated rings. The summed E-state index contributed by atoms with van der Waals surface area (Å²) in [6.45, 7) is 0. The first-order valence-corrected chi connectivity index (χ1v) is 3.95. The molecule has 0 spiro atoms. The Hall–Kier alpha value is -1.95. The zero-order valence-electron chi connectivity index (χ0n) is 7.42. The van der Waals surface area contributed by atoms with Gasteiger partial charge in [0.25, 0.3) is 0 Å². The van der Waals surface area contributed by atoms with E-state index < -0.39 is 5.97 Å². The topological polar surface area (TPSA) is 82.6 Å². The van der Waals surface area contributed by atoms with E-state index >= 15 is 0 Å². The fourth-order valence-corrected chi connectivity index (χ4v) is 1.35. The second-order valence-electron chi connectivity index (χ2n) is 2.75. The summed E-state index contributed by atoms with van der Waals surface area (Å²) in [5.74, 6) is -0.703. The van der Waals surface area contributed by atoms with Crippen LogP contribution in [0.4, 0.5) is 11.4 Å². The highest BCUT2D eigenvalue weighted by Gasteiger charge is 2.21. The Balaban J connectivity index is 2.59. The minimum absolute atomic E-state index is 0.129. The van der Waals surface area contributed by atoms with Gasteiger partial charge in [-0.25, -0.2) is 4.79 Å². The summed E-state index contributed by atoms with van der Waals surface area (Å²) in [6.07, 6.45) is 0. The van der Waals surface area contributed by atoms with Gasteiger partial charge in [0.15, 0.2) is 5.75 Å². The normalized spacial score (nSPS) is 12.6. The molecule has 1 aliphatic rings. The number of nitrogens with one attached hydrogen (secondary N) is 3. The number of hydrazine groups is 2. The third-order valence-corrected chi connectivity index (χ3v) is 1.98. The number of carboxylic acids is 1. The van der Waals surface area contributed by atoms with Crippen LogP contribution in [0.1, 0.15) is 10.4 Å². The highest BCUT2D eigenvalue weighted by atomic mass is 16.5. The summed E-state index contributed by atoms with van der Waals surface area (Å²) in [5.41, 5.74) is 9.72. The number of aromatic carboxylic acids is 1. The van der Waals surface area contributed by atoms with Crippen LogP contribution in [0.2, 0.25) is 0 Å². The number of hydrogen-bond acceptors (Lipinski definition) is 5. The molecular formula is C8H9N3O3. The molecule has 6 heteroatoms. The highest BCUT2D eigenvalue weighted by Crippen LogP contribution is 2.37. The van der Waals surface area contributed by atoms with Gasteiger partial charge in [-0.15, -0.1) is 5.53 Å². The largest absolute Gasteiger partial charge is 0.494 e. The third-order valence-electron chi connectivity index (χ3n) is 1.98. The Morgan fingerprint density at radius 2 is 2.21 bits per heavy atom. The Kier molecular flexibility index (Phi) is 1.90. The van der Waals surface area contributed by atoms with Gasteiger partial charge in [0.05, 0.1) is 12.8 Å². The van der Waals surface area contributed by atoms with E-state index in [2.05, 4.69) is 16.4 Å². The van der Waals surface area contributed by atoms with Crippen molar-refractivity contribution in [3.8, 4) is 5.75 Å². The lowest BCUT2D eigenvalue weighted by Gasteiger charge is -2.08. The van der Waals surface area contributed by atoms with Gasteiger partial charge >= 0.3 is 5.97 Å². The van der Waals surface area contributed by atoms with Crippen molar-refractivity contribution >= 4 is 17.3 Å². The summed E-state index contributed by atoms with van der Waals surface area (Å²) in [4.78, 5) is 10.8. The maximum atomic E-state index is 10.8. The molecule has 6 nitrogen and oxygen atoms in total. The molecule has 0 saturated heterocycles. The summed E-state index contributed by atoms with van der Waals surface area (Å²) in [5, 5.41) is 8.88. The summed E-state index contributed by atoms with van der Waals surface area (Å²) in [6, 6.07) is 3.15. The van der Waals surface area contributed by atoms with E-state index in [1.54, 1.807) is 6.07 Å². The molecule has 1 aromatic carbocycles. The summed E-state index contributed by atoms with van der Waals surface area (Å²) in [7, 11) is 1.43. The van der Waals surface area contributed by atoms with Crippen LogP contribution in [0.15, 0.2) is 12.1 Å². The molecule has 74 valence electrons. The molecule has 0 unspecified atom stereocenters. The predicted molar refractivity (Wildman–Crippen MR) is 50.3 cm³/mol. The van der Waals surface area contributed by atoms with Crippen molar-refractivity contribution in [3.05, 3.63) is 17.7 Å². The second-order valence-corrected chi connectivity index (χ2v) is 2.75. The Labute approximate surface area is 79.8 Å². The second kappa shape index (κ2) is 3.08. The third kappa shape index (κ3) is 1.12. The van der Waals surface area contributed by atoms with Crippen LogP contribution in [0.5, 0.6) is 5.75 Å². The van der Waals surface area contributed by atoms with Crippen molar-refractivity contribution < 1.29 is 14.6 Å². The molecular weight excluding hydrogens is 186 g/mol. The molecule has 0 bridgehead atoms. The van der Waals surface area contributed by atoms with E-state index in [0.717, 1.165) is 5.69 Å². The molecule has 0 radical (unpaired) electrons. The number of fused-ring (bicyclic) bond motifs is 1.